The van der Waals surface area contributed by atoms with Crippen molar-refractivity contribution >= 4 is 41.0 Å². The van der Waals surface area contributed by atoms with Crippen molar-refractivity contribution in [1.29, 1.82) is 0 Å². The lowest BCUT2D eigenvalue weighted by molar-refractivity contribution is -0.147. The molecule has 0 saturated carbocycles. The van der Waals surface area contributed by atoms with Crippen molar-refractivity contribution in [2.24, 2.45) is 0 Å². The van der Waals surface area contributed by atoms with Crippen molar-refractivity contribution < 1.29 is 23.9 Å². The van der Waals surface area contributed by atoms with Crippen molar-refractivity contribution in [1.82, 2.24) is 5.32 Å². The molecule has 0 saturated heterocycles. The molecule has 1 unspecified atom stereocenters. The molecule has 166 valence electrons. The van der Waals surface area contributed by atoms with E-state index in [1.54, 1.807) is 54.2 Å². The first-order valence-electron chi connectivity index (χ1n) is 9.84. The van der Waals surface area contributed by atoms with Gasteiger partial charge >= 0.3 is 5.97 Å². The molecule has 1 N–H and O–H groups in total. The number of thioether (sulfide) groups is 1. The summed E-state index contributed by atoms with van der Waals surface area (Å²) >= 11 is 7.43. The Bertz CT molecular complexity index is 917. The Morgan fingerprint density at radius 2 is 1.77 bits per heavy atom. The number of carbonyl (C=O) groups is 3. The van der Waals surface area contributed by atoms with E-state index in [2.05, 4.69) is 5.32 Å². The summed E-state index contributed by atoms with van der Waals surface area (Å²) in [4.78, 5) is 37.0. The van der Waals surface area contributed by atoms with Gasteiger partial charge in [-0.1, -0.05) is 11.6 Å². The number of hydrogen-bond acceptors (Lipinski definition) is 6. The highest BCUT2D eigenvalue weighted by atomic mass is 35.5. The minimum atomic E-state index is -0.804. The number of rotatable bonds is 11. The molecule has 0 radical (unpaired) electrons. The summed E-state index contributed by atoms with van der Waals surface area (Å²) < 4.78 is 11.1. The van der Waals surface area contributed by atoms with Crippen LogP contribution in [0, 0.1) is 0 Å². The first-order chi connectivity index (χ1) is 14.8. The third-order valence-corrected chi connectivity index (χ3v) is 5.34. The maximum absolute atomic E-state index is 12.8. The highest BCUT2D eigenvalue weighted by Crippen LogP contribution is 2.22. The van der Waals surface area contributed by atoms with Gasteiger partial charge in [-0.15, -0.1) is 0 Å². The molecule has 2 aromatic carbocycles. The Morgan fingerprint density at radius 3 is 2.39 bits per heavy atom. The van der Waals surface area contributed by atoms with E-state index in [0.717, 1.165) is 0 Å². The quantitative estimate of drug-likeness (QED) is 0.389. The fourth-order valence-electron chi connectivity index (χ4n) is 2.78. The standard InChI is InChI=1S/C23H26ClNO5S/c1-4-29-21-10-7-17(15(2)26)13-18(21)14-30-23(28)20(11-12-31-3)25-22(27)16-5-8-19(24)9-6-16/h5-10,13,20H,4,11-12,14H2,1-3H3,(H,25,27). The normalized spacial score (nSPS) is 11.5. The van der Waals surface area contributed by atoms with E-state index in [4.69, 9.17) is 21.1 Å². The van der Waals surface area contributed by atoms with Crippen LogP contribution in [0.3, 0.4) is 0 Å². The fourth-order valence-corrected chi connectivity index (χ4v) is 3.38. The van der Waals surface area contributed by atoms with E-state index in [9.17, 15) is 14.4 Å². The lowest BCUT2D eigenvalue weighted by atomic mass is 10.1. The number of carbonyl (C=O) groups excluding carboxylic acids is 3. The Labute approximate surface area is 191 Å². The number of hydrogen-bond donors (Lipinski definition) is 1. The number of benzene rings is 2. The summed E-state index contributed by atoms with van der Waals surface area (Å²) in [6.07, 6.45) is 2.34. The number of esters is 1. The molecule has 0 bridgehead atoms. The first-order valence-corrected chi connectivity index (χ1v) is 11.6. The van der Waals surface area contributed by atoms with Gasteiger partial charge in [-0.25, -0.2) is 4.79 Å². The molecule has 2 aromatic rings. The Hall–Kier alpha value is -2.51. The molecular formula is C23H26ClNO5S. The van der Waals surface area contributed by atoms with Gasteiger partial charge in [0.15, 0.2) is 5.78 Å². The first kappa shape index (κ1) is 24.8. The minimum absolute atomic E-state index is 0.0676. The van der Waals surface area contributed by atoms with Crippen LogP contribution in [-0.2, 0) is 16.1 Å². The second-order valence-electron chi connectivity index (χ2n) is 6.73. The van der Waals surface area contributed by atoms with E-state index in [0.29, 0.717) is 46.2 Å². The van der Waals surface area contributed by atoms with Crippen molar-refractivity contribution in [3.63, 3.8) is 0 Å². The van der Waals surface area contributed by atoms with Crippen LogP contribution in [0.2, 0.25) is 5.02 Å². The molecule has 2 rings (SSSR count). The Balaban J connectivity index is 2.11. The lowest BCUT2D eigenvalue weighted by Gasteiger charge is -2.18. The maximum atomic E-state index is 12.8. The average Bonchev–Trinajstić information content (AvgIpc) is 2.76. The van der Waals surface area contributed by atoms with Crippen LogP contribution >= 0.6 is 23.4 Å². The van der Waals surface area contributed by atoms with Crippen molar-refractivity contribution in [3.05, 3.63) is 64.2 Å². The summed E-state index contributed by atoms with van der Waals surface area (Å²) in [6.45, 7) is 3.69. The van der Waals surface area contributed by atoms with Crippen molar-refractivity contribution in [2.45, 2.75) is 32.9 Å². The van der Waals surface area contributed by atoms with Crippen molar-refractivity contribution in [2.75, 3.05) is 18.6 Å². The van der Waals surface area contributed by atoms with Crippen LogP contribution in [-0.4, -0.2) is 42.3 Å². The number of halogens is 1. The molecule has 0 aliphatic heterocycles. The van der Waals surface area contributed by atoms with E-state index < -0.39 is 12.0 Å². The third-order valence-electron chi connectivity index (χ3n) is 4.44. The molecule has 1 amide bonds. The van der Waals surface area contributed by atoms with E-state index in [-0.39, 0.29) is 18.3 Å². The monoisotopic (exact) mass is 463 g/mol. The number of ether oxygens (including phenoxy) is 2. The summed E-state index contributed by atoms with van der Waals surface area (Å²) in [5.41, 5.74) is 1.50. The topological polar surface area (TPSA) is 81.7 Å². The van der Waals surface area contributed by atoms with Crippen LogP contribution in [0.4, 0.5) is 0 Å². The second-order valence-corrected chi connectivity index (χ2v) is 8.16. The SMILES string of the molecule is CCOc1ccc(C(C)=O)cc1COC(=O)C(CCSC)NC(=O)c1ccc(Cl)cc1. The van der Waals surface area contributed by atoms with Gasteiger partial charge in [-0.05, 0) is 74.7 Å². The number of Topliss-reactive ketones (excluding diaryl/α,β-unsaturated/α-hetero) is 1. The smallest absolute Gasteiger partial charge is 0.329 e. The summed E-state index contributed by atoms with van der Waals surface area (Å²) in [5, 5.41) is 3.26. The number of nitrogens with one attached hydrogen (secondary N) is 1. The minimum Gasteiger partial charge on any atom is -0.493 e. The predicted molar refractivity (Wildman–Crippen MR) is 123 cm³/mol. The van der Waals surface area contributed by atoms with E-state index in [1.165, 1.54) is 6.92 Å². The highest BCUT2D eigenvalue weighted by molar-refractivity contribution is 7.98. The molecule has 1 atom stereocenters. The molecule has 8 heteroatoms. The number of amides is 1. The molecule has 0 heterocycles. The zero-order valence-corrected chi connectivity index (χ0v) is 19.3. The number of ketones is 1. The predicted octanol–water partition coefficient (Wildman–Crippen LogP) is 4.54. The van der Waals surface area contributed by atoms with E-state index >= 15 is 0 Å². The van der Waals surface area contributed by atoms with Gasteiger partial charge in [-0.2, -0.15) is 11.8 Å². The Morgan fingerprint density at radius 1 is 1.10 bits per heavy atom. The largest absolute Gasteiger partial charge is 0.493 e. The molecule has 0 aliphatic rings. The van der Waals surface area contributed by atoms with Gasteiger partial charge in [0.05, 0.1) is 6.61 Å². The van der Waals surface area contributed by atoms with Gasteiger partial charge in [0.25, 0.3) is 5.91 Å². The molecule has 0 spiro atoms. The van der Waals surface area contributed by atoms with Crippen molar-refractivity contribution in [3.8, 4) is 5.75 Å². The van der Waals surface area contributed by atoms with Gasteiger partial charge in [-0.3, -0.25) is 9.59 Å². The summed E-state index contributed by atoms with van der Waals surface area (Å²) in [5.74, 6) is 0.195. The maximum Gasteiger partial charge on any atom is 0.329 e. The highest BCUT2D eigenvalue weighted by Gasteiger charge is 2.23. The molecule has 0 aliphatic carbocycles. The van der Waals surface area contributed by atoms with Crippen LogP contribution in [0.25, 0.3) is 0 Å². The van der Waals surface area contributed by atoms with Gasteiger partial charge < -0.3 is 14.8 Å². The zero-order valence-electron chi connectivity index (χ0n) is 17.8. The van der Waals surface area contributed by atoms with E-state index in [1.807, 2.05) is 13.2 Å². The molecule has 31 heavy (non-hydrogen) atoms. The molecular weight excluding hydrogens is 438 g/mol. The van der Waals surface area contributed by atoms with Gasteiger partial charge in [0, 0.05) is 21.7 Å². The Kier molecular flexibility index (Phi) is 9.88. The van der Waals surface area contributed by atoms with Gasteiger partial charge in [0.1, 0.15) is 18.4 Å². The second kappa shape index (κ2) is 12.4. The lowest BCUT2D eigenvalue weighted by Crippen LogP contribution is -2.42. The van der Waals surface area contributed by atoms with Crippen LogP contribution in [0.5, 0.6) is 5.75 Å². The summed E-state index contributed by atoms with van der Waals surface area (Å²) in [6, 6.07) is 10.6. The molecule has 0 fully saturated rings. The summed E-state index contributed by atoms with van der Waals surface area (Å²) in [7, 11) is 0. The van der Waals surface area contributed by atoms with Crippen LogP contribution < -0.4 is 10.1 Å². The fraction of sp³-hybridized carbons (Fsp3) is 0.348. The van der Waals surface area contributed by atoms with Gasteiger partial charge in [0.2, 0.25) is 0 Å². The molecule has 6 nitrogen and oxygen atoms in total. The molecule has 0 aromatic heterocycles. The average molecular weight is 464 g/mol. The van der Waals surface area contributed by atoms with Crippen LogP contribution in [0.1, 0.15) is 46.5 Å². The van der Waals surface area contributed by atoms with Crippen LogP contribution in [0.15, 0.2) is 42.5 Å². The zero-order chi connectivity index (χ0) is 22.8. The third kappa shape index (κ3) is 7.60.